The van der Waals surface area contributed by atoms with Gasteiger partial charge in [-0.2, -0.15) is 0 Å². The molecule has 33 heavy (non-hydrogen) atoms. The fourth-order valence-electron chi connectivity index (χ4n) is 4.42. The van der Waals surface area contributed by atoms with Crippen molar-refractivity contribution in [1.82, 2.24) is 0 Å². The first-order valence-electron chi connectivity index (χ1n) is 14.2. The largest absolute Gasteiger partial charge is 0.455 e. The van der Waals surface area contributed by atoms with Crippen molar-refractivity contribution < 1.29 is 17.2 Å². The van der Waals surface area contributed by atoms with E-state index < -0.39 is 18.6 Å². The first kappa shape index (κ1) is 15.4. The van der Waals surface area contributed by atoms with E-state index in [2.05, 4.69) is 12.1 Å². The first-order chi connectivity index (χ1) is 18.1. The van der Waals surface area contributed by atoms with Crippen molar-refractivity contribution in [1.29, 1.82) is 0 Å². The smallest absolute Gasteiger partial charge is 0.216 e. The molecule has 2 heteroatoms. The molecule has 5 rings (SSSR count). The van der Waals surface area contributed by atoms with E-state index in [1.807, 2.05) is 55.1 Å². The average Bonchev–Trinajstić information content (AvgIpc) is 3.21. The minimum Gasteiger partial charge on any atom is -0.455 e. The van der Waals surface area contributed by atoms with E-state index in [0.29, 0.717) is 5.56 Å². The summed E-state index contributed by atoms with van der Waals surface area (Å²) in [5, 5.41) is 2.02. The molecule has 0 amide bonds. The number of hydrogen-bond acceptors (Lipinski definition) is 1. The van der Waals surface area contributed by atoms with E-state index in [1.54, 1.807) is 26.8 Å². The zero-order valence-corrected chi connectivity index (χ0v) is 19.7. The highest BCUT2D eigenvalue weighted by molar-refractivity contribution is 6.09. The van der Waals surface area contributed by atoms with E-state index >= 15 is 0 Å². The Labute approximate surface area is 204 Å². The van der Waals surface area contributed by atoms with Gasteiger partial charge in [-0.15, -0.1) is 0 Å². The minimum atomic E-state index is -2.54. The summed E-state index contributed by atoms with van der Waals surface area (Å²) in [6.45, 7) is 4.78. The van der Waals surface area contributed by atoms with Crippen LogP contribution in [-0.2, 0) is 13.4 Å². The Bertz CT molecular complexity index is 1740. The van der Waals surface area contributed by atoms with Crippen LogP contribution in [0.15, 0.2) is 77.3 Å². The van der Waals surface area contributed by atoms with Crippen molar-refractivity contribution in [3.63, 3.8) is 0 Å². The molecule has 3 aromatic carbocycles. The Balaban J connectivity index is 1.78. The molecule has 0 aliphatic heterocycles. The molecule has 2 heterocycles. The van der Waals surface area contributed by atoms with Gasteiger partial charge in [-0.05, 0) is 59.4 Å². The Morgan fingerprint density at radius 3 is 2.61 bits per heavy atom. The van der Waals surface area contributed by atoms with Crippen molar-refractivity contribution in [3.05, 3.63) is 89.6 Å². The van der Waals surface area contributed by atoms with E-state index in [0.717, 1.165) is 38.8 Å². The molecule has 0 N–H and O–H groups in total. The van der Waals surface area contributed by atoms with Gasteiger partial charge >= 0.3 is 0 Å². The second-order valence-electron chi connectivity index (χ2n) is 9.70. The molecule has 0 spiro atoms. The zero-order valence-electron chi connectivity index (χ0n) is 25.7. The van der Waals surface area contributed by atoms with Gasteiger partial charge in [-0.3, -0.25) is 0 Å². The Kier molecular flexibility index (Phi) is 3.69. The summed E-state index contributed by atoms with van der Waals surface area (Å²) in [4.78, 5) is 0. The standard InChI is InChI=1S/C31H32NO/c1-20-11-13-26-25-9-7-8-10-28(25)33-30(26)29(20)27-18-23(15-16-32(27)6)24-14-12-22(17-21(24)2)19-31(3,4)5/h7-18H,19H2,1-6H3/q+1/i2D3,14D,19D2. The van der Waals surface area contributed by atoms with Gasteiger partial charge in [0, 0.05) is 29.8 Å². The lowest BCUT2D eigenvalue weighted by atomic mass is 9.86. The van der Waals surface area contributed by atoms with Crippen molar-refractivity contribution in [2.75, 3.05) is 0 Å². The first-order valence-corrected chi connectivity index (χ1v) is 11.2. The van der Waals surface area contributed by atoms with Crippen molar-refractivity contribution in [2.45, 2.75) is 40.9 Å². The van der Waals surface area contributed by atoms with Crippen LogP contribution in [0.2, 0.25) is 0 Å². The molecule has 0 radical (unpaired) electrons. The molecular weight excluding hydrogens is 402 g/mol. The fourth-order valence-corrected chi connectivity index (χ4v) is 4.42. The summed E-state index contributed by atoms with van der Waals surface area (Å²) in [5.41, 5.74) is 4.49. The number of benzene rings is 3. The van der Waals surface area contributed by atoms with Crippen LogP contribution in [0.3, 0.4) is 0 Å². The normalized spacial score (nSPS) is 15.5. The van der Waals surface area contributed by atoms with Crippen molar-refractivity contribution >= 4 is 21.9 Å². The highest BCUT2D eigenvalue weighted by Crippen LogP contribution is 2.38. The van der Waals surface area contributed by atoms with Crippen LogP contribution in [0.5, 0.6) is 0 Å². The van der Waals surface area contributed by atoms with Crippen LogP contribution >= 0.6 is 0 Å². The summed E-state index contributed by atoms with van der Waals surface area (Å²) in [7, 11) is 1.92. The van der Waals surface area contributed by atoms with Gasteiger partial charge in [0.1, 0.15) is 18.2 Å². The van der Waals surface area contributed by atoms with E-state index in [9.17, 15) is 0 Å². The zero-order chi connectivity index (χ0) is 28.5. The summed E-state index contributed by atoms with van der Waals surface area (Å²) in [6.07, 6.45) is 0.0281. The van der Waals surface area contributed by atoms with Gasteiger partial charge in [0.15, 0.2) is 6.20 Å². The second kappa shape index (κ2) is 7.88. The van der Waals surface area contributed by atoms with Gasteiger partial charge in [0.25, 0.3) is 0 Å². The third-order valence-corrected chi connectivity index (χ3v) is 5.91. The van der Waals surface area contributed by atoms with Gasteiger partial charge < -0.3 is 4.42 Å². The minimum absolute atomic E-state index is 0.0229. The van der Waals surface area contributed by atoms with Gasteiger partial charge in [-0.1, -0.05) is 69.3 Å². The number of para-hydroxylation sites is 1. The Morgan fingerprint density at radius 1 is 1.00 bits per heavy atom. The summed E-state index contributed by atoms with van der Waals surface area (Å²) >= 11 is 0. The molecule has 0 saturated carbocycles. The molecular formula is C31H32NO+. The maximum atomic E-state index is 8.89. The molecule has 0 aliphatic rings. The molecule has 0 atom stereocenters. The SMILES string of the molecule is [2H]c1cc(C([2H])([2H])C(C)(C)C)cc(C([2H])([2H])[2H])c1-c1cc[n+](C)c(-c2c(C)ccc3c2oc2ccccc23)c1. The molecule has 0 aliphatic carbocycles. The number of hydrogen-bond donors (Lipinski definition) is 0. The fraction of sp³-hybridized carbons (Fsp3) is 0.258. The number of aryl methyl sites for hydroxylation is 3. The van der Waals surface area contributed by atoms with Crippen LogP contribution in [-0.4, -0.2) is 0 Å². The Morgan fingerprint density at radius 2 is 1.82 bits per heavy atom. The van der Waals surface area contributed by atoms with Crippen LogP contribution in [0.1, 0.15) is 45.7 Å². The molecule has 5 aromatic rings. The molecule has 0 saturated heterocycles. The number of fused-ring (bicyclic) bond motifs is 3. The number of nitrogens with zero attached hydrogens (tertiary/aromatic N) is 1. The highest BCUT2D eigenvalue weighted by Gasteiger charge is 2.21. The predicted octanol–water partition coefficient (Wildman–Crippen LogP) is 7.95. The number of furan rings is 1. The quantitative estimate of drug-likeness (QED) is 0.260. The molecule has 2 nitrogen and oxygen atoms in total. The van der Waals surface area contributed by atoms with Crippen LogP contribution in [0, 0.1) is 19.2 Å². The van der Waals surface area contributed by atoms with Crippen molar-refractivity contribution in [2.24, 2.45) is 12.5 Å². The average molecular weight is 441 g/mol. The lowest BCUT2D eigenvalue weighted by Crippen LogP contribution is -2.30. The van der Waals surface area contributed by atoms with Crippen molar-refractivity contribution in [3.8, 4) is 22.4 Å². The van der Waals surface area contributed by atoms with Crippen LogP contribution < -0.4 is 4.57 Å². The van der Waals surface area contributed by atoms with E-state index in [-0.39, 0.29) is 22.7 Å². The summed E-state index contributed by atoms with van der Waals surface area (Å²) in [6, 6.07) is 18.6. The monoisotopic (exact) mass is 440 g/mol. The van der Waals surface area contributed by atoms with Gasteiger partial charge in [-0.25, -0.2) is 4.57 Å². The third-order valence-electron chi connectivity index (χ3n) is 5.91. The molecule has 0 fully saturated rings. The summed E-state index contributed by atoms with van der Waals surface area (Å²) in [5.74, 6) is 0. The lowest BCUT2D eigenvalue weighted by Gasteiger charge is -2.19. The maximum absolute atomic E-state index is 8.89. The topological polar surface area (TPSA) is 17.0 Å². The highest BCUT2D eigenvalue weighted by atomic mass is 16.3. The Hall–Kier alpha value is -3.39. The lowest BCUT2D eigenvalue weighted by molar-refractivity contribution is -0.660. The van der Waals surface area contributed by atoms with Gasteiger partial charge in [0.2, 0.25) is 5.69 Å². The van der Waals surface area contributed by atoms with E-state index in [4.69, 9.17) is 12.6 Å². The summed E-state index contributed by atoms with van der Waals surface area (Å²) < 4.78 is 59.4. The van der Waals surface area contributed by atoms with Crippen LogP contribution in [0.25, 0.3) is 44.3 Å². The molecule has 0 bridgehead atoms. The molecule has 2 aromatic heterocycles. The number of rotatable bonds is 3. The van der Waals surface area contributed by atoms with Crippen LogP contribution in [0.4, 0.5) is 0 Å². The number of pyridine rings is 1. The third kappa shape index (κ3) is 3.95. The molecule has 166 valence electrons. The maximum Gasteiger partial charge on any atom is 0.216 e. The molecule has 0 unspecified atom stereocenters. The number of aromatic nitrogens is 1. The predicted molar refractivity (Wildman–Crippen MR) is 138 cm³/mol. The van der Waals surface area contributed by atoms with E-state index in [1.165, 1.54) is 12.1 Å². The second-order valence-corrected chi connectivity index (χ2v) is 9.70. The van der Waals surface area contributed by atoms with Gasteiger partial charge in [0.05, 0.1) is 6.93 Å².